The number of hydrogen-bond acceptors (Lipinski definition) is 4. The zero-order valence-corrected chi connectivity index (χ0v) is 13.9. The van der Waals surface area contributed by atoms with Gasteiger partial charge < -0.3 is 14.5 Å². The van der Waals surface area contributed by atoms with Crippen molar-refractivity contribution in [3.05, 3.63) is 11.8 Å². The van der Waals surface area contributed by atoms with Gasteiger partial charge in [0.05, 0.1) is 7.11 Å². The summed E-state index contributed by atoms with van der Waals surface area (Å²) in [5.41, 5.74) is 0.302. The number of nitrogens with zero attached hydrogens (tertiary/aromatic N) is 4. The molecule has 0 spiro atoms. The van der Waals surface area contributed by atoms with E-state index in [4.69, 9.17) is 4.74 Å². The molecule has 1 unspecified atom stereocenters. The molecule has 0 N–H and O–H groups in total. The maximum absolute atomic E-state index is 12.6. The number of hydrogen-bond donors (Lipinski definition) is 0. The Balaban J connectivity index is 2.12. The lowest BCUT2D eigenvalue weighted by Crippen LogP contribution is -2.58. The van der Waals surface area contributed by atoms with Gasteiger partial charge in [0.15, 0.2) is 5.69 Å². The average molecular weight is 308 g/mol. The topological polar surface area (TPSA) is 67.7 Å². The minimum Gasteiger partial charge on any atom is -0.481 e. The molecular formula is C15H24N4O3. The first kappa shape index (κ1) is 16.3. The van der Waals surface area contributed by atoms with Crippen LogP contribution in [0, 0.1) is 5.92 Å². The van der Waals surface area contributed by atoms with Crippen molar-refractivity contribution in [2.75, 3.05) is 26.7 Å². The van der Waals surface area contributed by atoms with Gasteiger partial charge in [-0.05, 0) is 12.8 Å². The molecule has 2 amide bonds. The summed E-state index contributed by atoms with van der Waals surface area (Å²) in [5.74, 6) is 0.694. The molecule has 0 radical (unpaired) electrons. The van der Waals surface area contributed by atoms with Gasteiger partial charge in [-0.25, -0.2) is 4.68 Å². The fourth-order valence-electron chi connectivity index (χ4n) is 2.72. The third-order valence-electron chi connectivity index (χ3n) is 3.86. The molecule has 122 valence electrons. The van der Waals surface area contributed by atoms with Crippen LogP contribution in [-0.2, 0) is 11.8 Å². The highest BCUT2D eigenvalue weighted by Crippen LogP contribution is 2.18. The Morgan fingerprint density at radius 2 is 2.14 bits per heavy atom. The molecule has 0 bridgehead atoms. The van der Waals surface area contributed by atoms with E-state index < -0.39 is 6.04 Å². The van der Waals surface area contributed by atoms with Gasteiger partial charge in [0, 0.05) is 32.7 Å². The Kier molecular flexibility index (Phi) is 4.73. The number of ether oxygens (including phenoxy) is 1. The van der Waals surface area contributed by atoms with E-state index in [1.54, 1.807) is 24.9 Å². The van der Waals surface area contributed by atoms with Crippen molar-refractivity contribution in [1.82, 2.24) is 19.6 Å². The zero-order chi connectivity index (χ0) is 16.4. The molecule has 0 aliphatic carbocycles. The maximum Gasteiger partial charge on any atom is 0.275 e. The largest absolute Gasteiger partial charge is 0.481 e. The van der Waals surface area contributed by atoms with Crippen LogP contribution >= 0.6 is 0 Å². The molecule has 1 atom stereocenters. The van der Waals surface area contributed by atoms with Gasteiger partial charge in [0.2, 0.25) is 11.8 Å². The van der Waals surface area contributed by atoms with E-state index in [1.165, 1.54) is 11.8 Å². The van der Waals surface area contributed by atoms with Gasteiger partial charge in [0.25, 0.3) is 5.91 Å². The second-order valence-electron chi connectivity index (χ2n) is 6.05. The summed E-state index contributed by atoms with van der Waals surface area (Å²) in [7, 11) is 3.24. The van der Waals surface area contributed by atoms with Gasteiger partial charge in [0.1, 0.15) is 6.04 Å². The van der Waals surface area contributed by atoms with E-state index in [0.717, 1.165) is 6.54 Å². The number of piperazine rings is 1. The third-order valence-corrected chi connectivity index (χ3v) is 3.86. The van der Waals surface area contributed by atoms with Crippen LogP contribution in [0.15, 0.2) is 6.07 Å². The Morgan fingerprint density at radius 3 is 2.68 bits per heavy atom. The molecule has 7 nitrogen and oxygen atoms in total. The first-order valence-electron chi connectivity index (χ1n) is 7.53. The smallest absolute Gasteiger partial charge is 0.275 e. The van der Waals surface area contributed by atoms with Crippen molar-refractivity contribution in [3.63, 3.8) is 0 Å². The SMILES string of the molecule is COc1cc(C(=O)N2CCN(CC(C)C)C(=O)C2C)nn1C. The summed E-state index contributed by atoms with van der Waals surface area (Å²) in [6, 6.07) is 1.13. The van der Waals surface area contributed by atoms with Gasteiger partial charge >= 0.3 is 0 Å². The summed E-state index contributed by atoms with van der Waals surface area (Å²) >= 11 is 0. The van der Waals surface area contributed by atoms with E-state index in [2.05, 4.69) is 18.9 Å². The summed E-state index contributed by atoms with van der Waals surface area (Å²) < 4.78 is 6.64. The lowest BCUT2D eigenvalue weighted by atomic mass is 10.1. The Hall–Kier alpha value is -2.05. The van der Waals surface area contributed by atoms with Crippen LogP contribution in [0.4, 0.5) is 0 Å². The number of methoxy groups -OCH3 is 1. The lowest BCUT2D eigenvalue weighted by molar-refractivity contribution is -0.140. The quantitative estimate of drug-likeness (QED) is 0.823. The molecular weight excluding hydrogens is 284 g/mol. The molecule has 1 saturated heterocycles. The summed E-state index contributed by atoms with van der Waals surface area (Å²) in [6.45, 7) is 7.75. The van der Waals surface area contributed by atoms with Crippen LogP contribution in [0.1, 0.15) is 31.3 Å². The normalized spacial score (nSPS) is 19.0. The first-order valence-corrected chi connectivity index (χ1v) is 7.53. The summed E-state index contributed by atoms with van der Waals surface area (Å²) in [5, 5.41) is 4.16. The zero-order valence-electron chi connectivity index (χ0n) is 13.9. The predicted molar refractivity (Wildman–Crippen MR) is 81.7 cm³/mol. The highest BCUT2D eigenvalue weighted by Gasteiger charge is 2.35. The molecule has 1 fully saturated rings. The molecule has 1 aromatic rings. The van der Waals surface area contributed by atoms with Crippen molar-refractivity contribution in [1.29, 1.82) is 0 Å². The van der Waals surface area contributed by atoms with Gasteiger partial charge in [-0.15, -0.1) is 0 Å². The fraction of sp³-hybridized carbons (Fsp3) is 0.667. The summed E-state index contributed by atoms with van der Waals surface area (Å²) in [6.07, 6.45) is 0. The van der Waals surface area contributed by atoms with Crippen LogP contribution in [0.25, 0.3) is 0 Å². The number of carbonyl (C=O) groups is 2. The minimum absolute atomic E-state index is 0.00352. The molecule has 1 aromatic heterocycles. The van der Waals surface area contributed by atoms with Crippen LogP contribution in [0.5, 0.6) is 5.88 Å². The van der Waals surface area contributed by atoms with Crippen molar-refractivity contribution in [2.45, 2.75) is 26.8 Å². The average Bonchev–Trinajstić information content (AvgIpc) is 2.84. The third kappa shape index (κ3) is 3.08. The number of carbonyl (C=O) groups excluding carboxylic acids is 2. The monoisotopic (exact) mass is 308 g/mol. The van der Waals surface area contributed by atoms with E-state index in [9.17, 15) is 9.59 Å². The van der Waals surface area contributed by atoms with Crippen LogP contribution in [0.2, 0.25) is 0 Å². The second kappa shape index (κ2) is 6.37. The van der Waals surface area contributed by atoms with Gasteiger partial charge in [-0.2, -0.15) is 5.10 Å². The molecule has 2 rings (SSSR count). The van der Waals surface area contributed by atoms with E-state index in [1.807, 2.05) is 4.90 Å². The number of amides is 2. The van der Waals surface area contributed by atoms with E-state index in [-0.39, 0.29) is 11.8 Å². The molecule has 22 heavy (non-hydrogen) atoms. The highest BCUT2D eigenvalue weighted by atomic mass is 16.5. The lowest BCUT2D eigenvalue weighted by Gasteiger charge is -2.39. The van der Waals surface area contributed by atoms with Crippen LogP contribution in [0.3, 0.4) is 0 Å². The highest BCUT2D eigenvalue weighted by molar-refractivity contribution is 5.97. The minimum atomic E-state index is -0.465. The Labute approximate surface area is 130 Å². The molecule has 0 aromatic carbocycles. The summed E-state index contributed by atoms with van der Waals surface area (Å²) in [4.78, 5) is 28.4. The number of aryl methyl sites for hydroxylation is 1. The van der Waals surface area contributed by atoms with Crippen molar-refractivity contribution < 1.29 is 14.3 Å². The molecule has 2 heterocycles. The molecule has 1 aliphatic heterocycles. The first-order chi connectivity index (χ1) is 10.3. The van der Waals surface area contributed by atoms with Crippen molar-refractivity contribution >= 4 is 11.8 Å². The Morgan fingerprint density at radius 1 is 1.45 bits per heavy atom. The standard InChI is InChI=1S/C15H24N4O3/c1-10(2)9-18-6-7-19(11(3)14(18)20)15(21)12-8-13(22-5)17(4)16-12/h8,10-11H,6-7,9H2,1-5H3. The molecule has 1 aliphatic rings. The van der Waals surface area contributed by atoms with Crippen molar-refractivity contribution in [2.24, 2.45) is 13.0 Å². The predicted octanol–water partition coefficient (Wildman–Crippen LogP) is 0.758. The van der Waals surface area contributed by atoms with E-state index >= 15 is 0 Å². The Bertz CT molecular complexity index is 567. The number of rotatable bonds is 4. The molecule has 7 heteroatoms. The fourth-order valence-corrected chi connectivity index (χ4v) is 2.72. The maximum atomic E-state index is 12.6. The van der Waals surface area contributed by atoms with Crippen LogP contribution < -0.4 is 4.74 Å². The molecule has 0 saturated carbocycles. The number of aromatic nitrogens is 2. The second-order valence-corrected chi connectivity index (χ2v) is 6.05. The van der Waals surface area contributed by atoms with E-state index in [0.29, 0.717) is 30.6 Å². The van der Waals surface area contributed by atoms with Crippen LogP contribution in [-0.4, -0.2) is 64.2 Å². The van der Waals surface area contributed by atoms with Crippen molar-refractivity contribution in [3.8, 4) is 5.88 Å². The van der Waals surface area contributed by atoms with Gasteiger partial charge in [-0.1, -0.05) is 13.8 Å². The van der Waals surface area contributed by atoms with Gasteiger partial charge in [-0.3, -0.25) is 9.59 Å².